The van der Waals surface area contributed by atoms with Crippen molar-refractivity contribution in [3.05, 3.63) is 64.5 Å². The number of anilines is 3. The minimum Gasteiger partial charge on any atom is -0.492 e. The summed E-state index contributed by atoms with van der Waals surface area (Å²) in [5, 5.41) is 3.80. The van der Waals surface area contributed by atoms with Gasteiger partial charge in [0.1, 0.15) is 23.1 Å². The number of carbonyl (C=O) groups is 1. The lowest BCUT2D eigenvalue weighted by molar-refractivity contribution is 0.104. The van der Waals surface area contributed by atoms with Crippen molar-refractivity contribution in [2.75, 3.05) is 31.8 Å². The van der Waals surface area contributed by atoms with E-state index in [-0.39, 0.29) is 17.1 Å². The number of nitrogens with two attached hydrogens (primary N) is 1. The Morgan fingerprint density at radius 2 is 1.90 bits per heavy atom. The zero-order chi connectivity index (χ0) is 22.6. The van der Waals surface area contributed by atoms with Crippen LogP contribution in [-0.4, -0.2) is 41.9 Å². The molecule has 7 heteroatoms. The van der Waals surface area contributed by atoms with Crippen LogP contribution in [0.4, 0.5) is 16.6 Å². The molecule has 0 spiro atoms. The third kappa shape index (κ3) is 5.62. The highest BCUT2D eigenvalue weighted by Gasteiger charge is 2.21. The first-order valence-electron chi connectivity index (χ1n) is 10.3. The van der Waals surface area contributed by atoms with E-state index in [1.165, 1.54) is 11.3 Å². The molecule has 3 aromatic rings. The van der Waals surface area contributed by atoms with Crippen LogP contribution in [0, 0.1) is 0 Å². The van der Waals surface area contributed by atoms with Gasteiger partial charge in [0.25, 0.3) is 0 Å². The first-order chi connectivity index (χ1) is 14.7. The lowest BCUT2D eigenvalue weighted by Gasteiger charge is -2.32. The third-order valence-corrected chi connectivity index (χ3v) is 6.35. The van der Waals surface area contributed by atoms with Gasteiger partial charge in [0.15, 0.2) is 5.13 Å². The van der Waals surface area contributed by atoms with E-state index in [1.54, 1.807) is 0 Å². The minimum absolute atomic E-state index is 0.0606. The van der Waals surface area contributed by atoms with Gasteiger partial charge in [-0.25, -0.2) is 4.98 Å². The van der Waals surface area contributed by atoms with E-state index in [0.29, 0.717) is 22.2 Å². The summed E-state index contributed by atoms with van der Waals surface area (Å²) in [5.74, 6) is 0.932. The maximum absolute atomic E-state index is 12.9. The second-order valence-electron chi connectivity index (χ2n) is 8.26. The summed E-state index contributed by atoms with van der Waals surface area (Å²) in [6, 6.07) is 15.3. The highest BCUT2D eigenvalue weighted by atomic mass is 32.1. The lowest BCUT2D eigenvalue weighted by atomic mass is 10.1. The molecule has 31 heavy (non-hydrogen) atoms. The highest BCUT2D eigenvalue weighted by molar-refractivity contribution is 7.18. The molecule has 0 unspecified atom stereocenters. The van der Waals surface area contributed by atoms with E-state index >= 15 is 0 Å². The molecule has 2 aromatic carbocycles. The Hall–Kier alpha value is -2.90. The van der Waals surface area contributed by atoms with Crippen molar-refractivity contribution in [2.45, 2.75) is 32.7 Å². The molecule has 0 aliphatic rings. The van der Waals surface area contributed by atoms with Gasteiger partial charge in [0.05, 0.1) is 0 Å². The maximum Gasteiger partial charge on any atom is 0.206 e. The molecule has 1 aromatic heterocycles. The first-order valence-corrected chi connectivity index (χ1v) is 11.1. The van der Waals surface area contributed by atoms with Crippen molar-refractivity contribution in [3.8, 4) is 5.75 Å². The van der Waals surface area contributed by atoms with E-state index < -0.39 is 0 Å². The number of ketones is 1. The third-order valence-electron chi connectivity index (χ3n) is 5.37. The zero-order valence-electron chi connectivity index (χ0n) is 18.7. The highest BCUT2D eigenvalue weighted by Crippen LogP contribution is 2.30. The number of aromatic nitrogens is 1. The van der Waals surface area contributed by atoms with Crippen molar-refractivity contribution in [1.82, 2.24) is 9.88 Å². The summed E-state index contributed by atoms with van der Waals surface area (Å²) >= 11 is 1.26. The van der Waals surface area contributed by atoms with Gasteiger partial charge >= 0.3 is 0 Å². The monoisotopic (exact) mass is 438 g/mol. The number of ether oxygens (including phenoxy) is 1. The van der Waals surface area contributed by atoms with Crippen LogP contribution < -0.4 is 15.8 Å². The van der Waals surface area contributed by atoms with Crippen LogP contribution in [0.25, 0.3) is 0 Å². The number of carbonyl (C=O) groups excluding carboxylic acids is 1. The SMILES string of the molecule is CCc1cccc(C(=O)c2sc(Nc3ccc(OCC(C)(C)N(C)C)cc3)nc2N)c1. The van der Waals surface area contributed by atoms with Crippen molar-refractivity contribution in [3.63, 3.8) is 0 Å². The molecule has 1 heterocycles. The topological polar surface area (TPSA) is 80.5 Å². The molecule has 0 aliphatic carbocycles. The number of nitrogens with zero attached hydrogens (tertiary/aromatic N) is 2. The Labute approximate surface area is 188 Å². The molecule has 164 valence electrons. The number of nitrogens with one attached hydrogen (secondary N) is 1. The van der Waals surface area contributed by atoms with Gasteiger partial charge in [0, 0.05) is 16.8 Å². The Bertz CT molecular complexity index is 1040. The zero-order valence-corrected chi connectivity index (χ0v) is 19.5. The van der Waals surface area contributed by atoms with Crippen molar-refractivity contribution in [1.29, 1.82) is 0 Å². The van der Waals surface area contributed by atoms with Gasteiger partial charge < -0.3 is 20.7 Å². The number of nitrogen functional groups attached to an aromatic ring is 1. The molecule has 0 aliphatic heterocycles. The average molecular weight is 439 g/mol. The Morgan fingerprint density at radius 1 is 1.19 bits per heavy atom. The summed E-state index contributed by atoms with van der Waals surface area (Å²) in [5.41, 5.74) is 8.58. The van der Waals surface area contributed by atoms with Gasteiger partial charge in [-0.3, -0.25) is 4.79 Å². The van der Waals surface area contributed by atoms with Crippen molar-refractivity contribution in [2.24, 2.45) is 0 Å². The Kier molecular flexibility index (Phi) is 6.97. The second kappa shape index (κ2) is 9.49. The first kappa shape index (κ1) is 22.8. The molecule has 0 radical (unpaired) electrons. The van der Waals surface area contributed by atoms with Crippen LogP contribution in [0.1, 0.15) is 41.6 Å². The maximum atomic E-state index is 12.9. The fourth-order valence-corrected chi connectivity index (χ4v) is 3.63. The van der Waals surface area contributed by atoms with E-state index in [4.69, 9.17) is 10.5 Å². The van der Waals surface area contributed by atoms with Crippen LogP contribution in [0.15, 0.2) is 48.5 Å². The molecule has 0 fully saturated rings. The summed E-state index contributed by atoms with van der Waals surface area (Å²) < 4.78 is 5.91. The molecule has 0 amide bonds. The minimum atomic E-state index is -0.106. The van der Waals surface area contributed by atoms with Crippen LogP contribution in [0.2, 0.25) is 0 Å². The molecule has 3 N–H and O–H groups in total. The molecule has 3 rings (SSSR count). The standard InChI is InChI=1S/C24H30N4O2S/c1-6-16-8-7-9-17(14-16)20(29)21-22(25)27-23(31-21)26-18-10-12-19(13-11-18)30-15-24(2,3)28(4)5/h7-14H,6,15,25H2,1-5H3,(H,26,27). The van der Waals surface area contributed by atoms with E-state index in [9.17, 15) is 4.79 Å². The fourth-order valence-electron chi connectivity index (χ4n) is 2.76. The predicted molar refractivity (Wildman–Crippen MR) is 129 cm³/mol. The Balaban J connectivity index is 1.68. The number of likely N-dealkylation sites (N-methyl/N-ethyl adjacent to an activating group) is 1. The molecule has 0 bridgehead atoms. The van der Waals surface area contributed by atoms with E-state index in [0.717, 1.165) is 23.4 Å². The number of hydrogen-bond acceptors (Lipinski definition) is 7. The molecule has 0 saturated carbocycles. The quantitative estimate of drug-likeness (QED) is 0.459. The number of aryl methyl sites for hydroxylation is 1. The van der Waals surface area contributed by atoms with Crippen LogP contribution in [0.5, 0.6) is 5.75 Å². The summed E-state index contributed by atoms with van der Waals surface area (Å²) in [6.45, 7) is 6.91. The summed E-state index contributed by atoms with van der Waals surface area (Å²) in [4.78, 5) is 19.8. The summed E-state index contributed by atoms with van der Waals surface area (Å²) in [6.07, 6.45) is 0.873. The van der Waals surface area contributed by atoms with Crippen LogP contribution in [-0.2, 0) is 6.42 Å². The normalized spacial score (nSPS) is 11.5. The second-order valence-corrected chi connectivity index (χ2v) is 9.26. The molecule has 0 atom stereocenters. The van der Waals surface area contributed by atoms with E-state index in [1.807, 2.05) is 62.6 Å². The van der Waals surface area contributed by atoms with Crippen LogP contribution >= 0.6 is 11.3 Å². The molecule has 0 saturated heterocycles. The average Bonchev–Trinajstić information content (AvgIpc) is 3.12. The van der Waals surface area contributed by atoms with Gasteiger partial charge in [-0.2, -0.15) is 0 Å². The van der Waals surface area contributed by atoms with Crippen molar-refractivity contribution < 1.29 is 9.53 Å². The molecule has 6 nitrogen and oxygen atoms in total. The summed E-state index contributed by atoms with van der Waals surface area (Å²) in [7, 11) is 4.07. The number of thiazole rings is 1. The predicted octanol–water partition coefficient (Wildman–Crippen LogP) is 4.98. The van der Waals surface area contributed by atoms with Gasteiger partial charge in [0.2, 0.25) is 5.78 Å². The van der Waals surface area contributed by atoms with Crippen molar-refractivity contribution >= 4 is 33.8 Å². The number of hydrogen-bond donors (Lipinski definition) is 2. The van der Waals surface area contributed by atoms with E-state index in [2.05, 4.69) is 36.0 Å². The van der Waals surface area contributed by atoms with Crippen LogP contribution in [0.3, 0.4) is 0 Å². The van der Waals surface area contributed by atoms with Gasteiger partial charge in [-0.15, -0.1) is 0 Å². The lowest BCUT2D eigenvalue weighted by Crippen LogP contribution is -2.43. The smallest absolute Gasteiger partial charge is 0.206 e. The number of benzene rings is 2. The Morgan fingerprint density at radius 3 is 2.55 bits per heavy atom. The molecular weight excluding hydrogens is 408 g/mol. The molecular formula is C24H30N4O2S. The largest absolute Gasteiger partial charge is 0.492 e. The van der Waals surface area contributed by atoms with Gasteiger partial charge in [-0.1, -0.05) is 36.5 Å². The van der Waals surface area contributed by atoms with Gasteiger partial charge in [-0.05, 0) is 70.3 Å². The fraction of sp³-hybridized carbons (Fsp3) is 0.333. The number of rotatable bonds is 9.